The lowest BCUT2D eigenvalue weighted by molar-refractivity contribution is 0.598. The average molecular weight is 284 g/mol. The molecule has 0 spiro atoms. The standard InChI is InChI=1S/C12H16N2O2S2/c1-4-9-5-6-10-11(7-9)18(15,16)14-12(13-10)17-8(2)3/h5-8H,4H2,1-3H3,(H,13,14). The Kier molecular flexibility index (Phi) is 3.68. The number of sulfonamides is 1. The zero-order valence-electron chi connectivity index (χ0n) is 10.6. The average Bonchev–Trinajstić information content (AvgIpc) is 2.27. The lowest BCUT2D eigenvalue weighted by Crippen LogP contribution is -2.20. The minimum atomic E-state index is -3.56. The molecule has 0 saturated heterocycles. The van der Waals surface area contributed by atoms with Gasteiger partial charge in [0.2, 0.25) is 0 Å². The van der Waals surface area contributed by atoms with E-state index >= 15 is 0 Å². The number of amidine groups is 1. The van der Waals surface area contributed by atoms with Gasteiger partial charge in [-0.05, 0) is 24.1 Å². The third kappa shape index (κ3) is 2.70. The highest BCUT2D eigenvalue weighted by Crippen LogP contribution is 2.31. The van der Waals surface area contributed by atoms with Gasteiger partial charge in [0.1, 0.15) is 4.90 Å². The Labute approximate surface area is 112 Å². The molecule has 0 saturated carbocycles. The molecule has 1 aliphatic heterocycles. The summed E-state index contributed by atoms with van der Waals surface area (Å²) in [6.45, 7) is 5.99. The Hall–Kier alpha value is -1.01. The first kappa shape index (κ1) is 13.4. The normalized spacial score (nSPS) is 17.0. The molecule has 1 aliphatic rings. The molecule has 6 heteroatoms. The third-order valence-electron chi connectivity index (χ3n) is 2.52. The van der Waals surface area contributed by atoms with E-state index in [4.69, 9.17) is 0 Å². The zero-order valence-corrected chi connectivity index (χ0v) is 12.2. The van der Waals surface area contributed by atoms with E-state index in [0.29, 0.717) is 10.9 Å². The molecule has 0 radical (unpaired) electrons. The lowest BCUT2D eigenvalue weighted by atomic mass is 10.1. The molecule has 1 heterocycles. The van der Waals surface area contributed by atoms with Crippen LogP contribution in [0.4, 0.5) is 5.69 Å². The van der Waals surface area contributed by atoms with Crippen LogP contribution >= 0.6 is 11.8 Å². The molecule has 2 rings (SSSR count). The van der Waals surface area contributed by atoms with Crippen LogP contribution in [0.2, 0.25) is 0 Å². The molecule has 1 N–H and O–H groups in total. The molecule has 0 unspecified atom stereocenters. The minimum Gasteiger partial charge on any atom is -0.333 e. The summed E-state index contributed by atoms with van der Waals surface area (Å²) in [7, 11) is -3.56. The monoisotopic (exact) mass is 284 g/mol. The van der Waals surface area contributed by atoms with Crippen LogP contribution in [0, 0.1) is 0 Å². The second-order valence-electron chi connectivity index (χ2n) is 4.35. The predicted molar refractivity (Wildman–Crippen MR) is 76.8 cm³/mol. The number of rotatable bonds is 2. The number of hydrogen-bond donors (Lipinski definition) is 1. The van der Waals surface area contributed by atoms with Crippen molar-refractivity contribution in [1.82, 2.24) is 0 Å². The first-order valence-corrected chi connectivity index (χ1v) is 8.16. The Balaban J connectivity index is 2.45. The summed E-state index contributed by atoms with van der Waals surface area (Å²) >= 11 is 1.41. The van der Waals surface area contributed by atoms with Crippen molar-refractivity contribution in [3.63, 3.8) is 0 Å². The molecule has 0 aromatic heterocycles. The Morgan fingerprint density at radius 3 is 2.72 bits per heavy atom. The van der Waals surface area contributed by atoms with E-state index in [2.05, 4.69) is 9.71 Å². The van der Waals surface area contributed by atoms with Crippen LogP contribution < -0.4 is 5.32 Å². The maximum absolute atomic E-state index is 12.1. The summed E-state index contributed by atoms with van der Waals surface area (Å²) in [5.74, 6) is 0. The molecule has 0 bridgehead atoms. The SMILES string of the molecule is CCc1ccc2c(c1)S(=O)(=O)N=C(SC(C)C)N2. The van der Waals surface area contributed by atoms with Crippen LogP contribution in [-0.4, -0.2) is 18.8 Å². The van der Waals surface area contributed by atoms with Crippen LogP contribution in [0.3, 0.4) is 0 Å². The van der Waals surface area contributed by atoms with E-state index in [1.54, 1.807) is 12.1 Å². The van der Waals surface area contributed by atoms with Crippen molar-refractivity contribution in [3.05, 3.63) is 23.8 Å². The predicted octanol–water partition coefficient (Wildman–Crippen LogP) is 2.86. The summed E-state index contributed by atoms with van der Waals surface area (Å²) < 4.78 is 28.0. The first-order chi connectivity index (χ1) is 8.42. The van der Waals surface area contributed by atoms with Gasteiger partial charge >= 0.3 is 0 Å². The van der Waals surface area contributed by atoms with E-state index in [1.807, 2.05) is 26.8 Å². The van der Waals surface area contributed by atoms with Gasteiger partial charge in [-0.25, -0.2) is 0 Å². The number of nitrogens with one attached hydrogen (secondary N) is 1. The van der Waals surface area contributed by atoms with Crippen LogP contribution in [0.5, 0.6) is 0 Å². The van der Waals surface area contributed by atoms with Gasteiger partial charge in [0.25, 0.3) is 10.0 Å². The number of benzene rings is 1. The van der Waals surface area contributed by atoms with E-state index in [9.17, 15) is 8.42 Å². The number of anilines is 1. The molecule has 98 valence electrons. The number of fused-ring (bicyclic) bond motifs is 1. The summed E-state index contributed by atoms with van der Waals surface area (Å²) in [5.41, 5.74) is 1.61. The first-order valence-electron chi connectivity index (χ1n) is 5.84. The highest BCUT2D eigenvalue weighted by Gasteiger charge is 2.25. The van der Waals surface area contributed by atoms with Crippen LogP contribution in [0.25, 0.3) is 0 Å². The van der Waals surface area contributed by atoms with Gasteiger partial charge in [-0.2, -0.15) is 8.42 Å². The third-order valence-corrected chi connectivity index (χ3v) is 4.84. The highest BCUT2D eigenvalue weighted by molar-refractivity contribution is 8.15. The number of nitrogens with zero attached hydrogens (tertiary/aromatic N) is 1. The molecule has 0 atom stereocenters. The molecular formula is C12H16N2O2S2. The molecule has 0 aliphatic carbocycles. The van der Waals surface area contributed by atoms with Crippen LogP contribution in [-0.2, 0) is 16.4 Å². The van der Waals surface area contributed by atoms with Crippen molar-refractivity contribution in [2.45, 2.75) is 37.3 Å². The molecule has 0 fully saturated rings. The zero-order chi connectivity index (χ0) is 13.3. The second kappa shape index (κ2) is 4.93. The van der Waals surface area contributed by atoms with Gasteiger partial charge in [0.15, 0.2) is 5.17 Å². The summed E-state index contributed by atoms with van der Waals surface area (Å²) in [6.07, 6.45) is 0.806. The van der Waals surface area contributed by atoms with Gasteiger partial charge in [-0.15, -0.1) is 4.40 Å². The fourth-order valence-corrected chi connectivity index (χ4v) is 3.82. The lowest BCUT2D eigenvalue weighted by Gasteiger charge is -2.19. The quantitative estimate of drug-likeness (QED) is 0.907. The summed E-state index contributed by atoms with van der Waals surface area (Å²) in [6, 6.07) is 5.43. The molecule has 1 aromatic carbocycles. The Morgan fingerprint density at radius 2 is 2.11 bits per heavy atom. The van der Waals surface area contributed by atoms with Gasteiger partial charge in [0, 0.05) is 5.25 Å². The van der Waals surface area contributed by atoms with Crippen molar-refractivity contribution < 1.29 is 8.42 Å². The maximum atomic E-state index is 12.1. The number of thioether (sulfide) groups is 1. The largest absolute Gasteiger partial charge is 0.333 e. The number of aryl methyl sites for hydroxylation is 1. The fourth-order valence-electron chi connectivity index (χ4n) is 1.67. The highest BCUT2D eigenvalue weighted by atomic mass is 32.2. The summed E-state index contributed by atoms with van der Waals surface area (Å²) in [5, 5.41) is 3.80. The molecule has 1 aromatic rings. The van der Waals surface area contributed by atoms with Gasteiger partial charge in [-0.3, -0.25) is 0 Å². The van der Waals surface area contributed by atoms with Gasteiger partial charge in [0.05, 0.1) is 5.69 Å². The molecule has 4 nitrogen and oxygen atoms in total. The fraction of sp³-hybridized carbons (Fsp3) is 0.417. The summed E-state index contributed by atoms with van der Waals surface area (Å²) in [4.78, 5) is 0.273. The minimum absolute atomic E-state index is 0.273. The van der Waals surface area contributed by atoms with E-state index in [-0.39, 0.29) is 10.1 Å². The van der Waals surface area contributed by atoms with E-state index in [0.717, 1.165) is 12.0 Å². The van der Waals surface area contributed by atoms with E-state index in [1.165, 1.54) is 11.8 Å². The maximum Gasteiger partial charge on any atom is 0.286 e. The molecular weight excluding hydrogens is 268 g/mol. The van der Waals surface area contributed by atoms with Crippen molar-refractivity contribution >= 4 is 32.6 Å². The van der Waals surface area contributed by atoms with Crippen molar-refractivity contribution in [2.24, 2.45) is 4.40 Å². The van der Waals surface area contributed by atoms with Crippen molar-refractivity contribution in [3.8, 4) is 0 Å². The van der Waals surface area contributed by atoms with E-state index < -0.39 is 10.0 Å². The molecule has 0 amide bonds. The van der Waals surface area contributed by atoms with Crippen molar-refractivity contribution in [1.29, 1.82) is 0 Å². The second-order valence-corrected chi connectivity index (χ2v) is 7.48. The van der Waals surface area contributed by atoms with Crippen LogP contribution in [0.15, 0.2) is 27.5 Å². The number of hydrogen-bond acceptors (Lipinski definition) is 4. The Bertz CT molecular complexity index is 592. The topological polar surface area (TPSA) is 58.5 Å². The van der Waals surface area contributed by atoms with Gasteiger partial charge in [-0.1, -0.05) is 38.6 Å². The molecule has 18 heavy (non-hydrogen) atoms. The van der Waals surface area contributed by atoms with Crippen LogP contribution in [0.1, 0.15) is 26.3 Å². The van der Waals surface area contributed by atoms with Gasteiger partial charge < -0.3 is 5.32 Å². The Morgan fingerprint density at radius 1 is 1.39 bits per heavy atom. The smallest absolute Gasteiger partial charge is 0.286 e. The van der Waals surface area contributed by atoms with Crippen molar-refractivity contribution in [2.75, 3.05) is 5.32 Å².